The Bertz CT molecular complexity index is 426. The highest BCUT2D eigenvalue weighted by atomic mass is 35.5. The number of hydrogen-bond acceptors (Lipinski definition) is 4. The summed E-state index contributed by atoms with van der Waals surface area (Å²) in [5.41, 5.74) is 0.434. The molecule has 0 aliphatic carbocycles. The summed E-state index contributed by atoms with van der Waals surface area (Å²) in [5.74, 6) is -0.417. The maximum atomic E-state index is 13.6. The van der Waals surface area contributed by atoms with Gasteiger partial charge in [-0.3, -0.25) is 0 Å². The summed E-state index contributed by atoms with van der Waals surface area (Å²) in [6.07, 6.45) is -0.898. The molecule has 1 fully saturated rings. The van der Waals surface area contributed by atoms with Gasteiger partial charge in [-0.15, -0.1) is 0 Å². The van der Waals surface area contributed by atoms with E-state index in [4.69, 9.17) is 21.1 Å². The predicted molar refractivity (Wildman–Crippen MR) is 74.2 cm³/mol. The van der Waals surface area contributed by atoms with Gasteiger partial charge in [-0.05, 0) is 12.1 Å². The molecule has 0 amide bonds. The average Bonchev–Trinajstić information content (AvgIpc) is 2.44. The van der Waals surface area contributed by atoms with Crippen LogP contribution < -0.4 is 5.32 Å². The molecule has 1 aromatic carbocycles. The van der Waals surface area contributed by atoms with Crippen LogP contribution in [0.2, 0.25) is 5.02 Å². The molecule has 0 radical (unpaired) electrons. The first-order valence-electron chi connectivity index (χ1n) is 6.55. The van der Waals surface area contributed by atoms with Crippen LogP contribution in [0.3, 0.4) is 0 Å². The van der Waals surface area contributed by atoms with Crippen molar-refractivity contribution in [2.75, 3.05) is 26.9 Å². The fourth-order valence-electron chi connectivity index (χ4n) is 2.31. The summed E-state index contributed by atoms with van der Waals surface area (Å²) < 4.78 is 24.1. The summed E-state index contributed by atoms with van der Waals surface area (Å²) in [6.45, 7) is 1.67. The molecule has 0 saturated carbocycles. The van der Waals surface area contributed by atoms with E-state index in [1.165, 1.54) is 6.07 Å². The number of methoxy groups -OCH3 is 1. The van der Waals surface area contributed by atoms with Gasteiger partial charge in [-0.25, -0.2) is 4.39 Å². The largest absolute Gasteiger partial charge is 0.390 e. The highest BCUT2D eigenvalue weighted by molar-refractivity contribution is 6.31. The Morgan fingerprint density at radius 2 is 2.30 bits per heavy atom. The van der Waals surface area contributed by atoms with Crippen molar-refractivity contribution < 1.29 is 19.0 Å². The van der Waals surface area contributed by atoms with Crippen LogP contribution in [0.25, 0.3) is 0 Å². The molecule has 1 aliphatic heterocycles. The minimum atomic E-state index is -0.586. The summed E-state index contributed by atoms with van der Waals surface area (Å²) in [7, 11) is 1.55. The van der Waals surface area contributed by atoms with Gasteiger partial charge < -0.3 is 19.9 Å². The molecule has 4 nitrogen and oxygen atoms in total. The maximum Gasteiger partial charge on any atom is 0.129 e. The summed E-state index contributed by atoms with van der Waals surface area (Å²) in [5, 5.41) is 13.6. The van der Waals surface area contributed by atoms with E-state index in [0.29, 0.717) is 36.9 Å². The Kier molecular flexibility index (Phi) is 5.74. The molecule has 1 aliphatic rings. The fraction of sp³-hybridized carbons (Fsp3) is 0.571. The zero-order valence-corrected chi connectivity index (χ0v) is 12.1. The first-order valence-corrected chi connectivity index (χ1v) is 6.93. The van der Waals surface area contributed by atoms with Crippen LogP contribution in [0, 0.1) is 11.7 Å². The Labute approximate surface area is 122 Å². The van der Waals surface area contributed by atoms with E-state index in [1.807, 2.05) is 0 Å². The molecule has 0 aromatic heterocycles. The highest BCUT2D eigenvalue weighted by Gasteiger charge is 2.32. The maximum absolute atomic E-state index is 13.6. The summed E-state index contributed by atoms with van der Waals surface area (Å²) >= 11 is 5.95. The molecule has 1 aromatic rings. The lowest BCUT2D eigenvalue weighted by molar-refractivity contribution is -0.133. The number of halogens is 2. The van der Waals surface area contributed by atoms with Crippen LogP contribution in [0.15, 0.2) is 18.2 Å². The van der Waals surface area contributed by atoms with Crippen LogP contribution >= 0.6 is 11.6 Å². The molecule has 0 unspecified atom stereocenters. The quantitative estimate of drug-likeness (QED) is 0.867. The molecule has 0 spiro atoms. The number of ether oxygens (including phenoxy) is 2. The predicted octanol–water partition coefficient (Wildman–Crippen LogP) is 1.59. The number of hydrogen-bond donors (Lipinski definition) is 2. The van der Waals surface area contributed by atoms with Crippen molar-refractivity contribution in [3.63, 3.8) is 0 Å². The molecular formula is C14H19ClFNO3. The van der Waals surface area contributed by atoms with E-state index >= 15 is 0 Å². The fourth-order valence-corrected chi connectivity index (χ4v) is 2.54. The van der Waals surface area contributed by atoms with Crippen LogP contribution in [0.1, 0.15) is 5.56 Å². The molecule has 3 atom stereocenters. The zero-order valence-electron chi connectivity index (χ0n) is 11.3. The Morgan fingerprint density at radius 1 is 1.50 bits per heavy atom. The van der Waals surface area contributed by atoms with Gasteiger partial charge in [-0.1, -0.05) is 17.7 Å². The first kappa shape index (κ1) is 15.7. The van der Waals surface area contributed by atoms with Crippen molar-refractivity contribution in [3.05, 3.63) is 34.6 Å². The third-order valence-electron chi connectivity index (χ3n) is 3.55. The number of aliphatic hydroxyl groups excluding tert-OH is 1. The van der Waals surface area contributed by atoms with Crippen LogP contribution in [0.4, 0.5) is 4.39 Å². The smallest absolute Gasteiger partial charge is 0.129 e. The highest BCUT2D eigenvalue weighted by Crippen LogP contribution is 2.20. The van der Waals surface area contributed by atoms with Crippen molar-refractivity contribution in [1.29, 1.82) is 0 Å². The molecule has 20 heavy (non-hydrogen) atoms. The lowest BCUT2D eigenvalue weighted by Crippen LogP contribution is -2.48. The van der Waals surface area contributed by atoms with Gasteiger partial charge in [0, 0.05) is 36.7 Å². The van der Waals surface area contributed by atoms with E-state index in [1.54, 1.807) is 19.2 Å². The zero-order chi connectivity index (χ0) is 14.5. The van der Waals surface area contributed by atoms with Crippen LogP contribution in [-0.2, 0) is 16.0 Å². The van der Waals surface area contributed by atoms with Crippen molar-refractivity contribution in [3.8, 4) is 0 Å². The molecule has 2 rings (SSSR count). The van der Waals surface area contributed by atoms with Gasteiger partial charge in [0.25, 0.3) is 0 Å². The normalized spacial score (nSPS) is 26.7. The molecule has 112 valence electrons. The number of aliphatic hydroxyl groups is 1. The second kappa shape index (κ2) is 7.33. The van der Waals surface area contributed by atoms with Crippen molar-refractivity contribution >= 4 is 11.6 Å². The van der Waals surface area contributed by atoms with E-state index < -0.39 is 6.10 Å². The second-order valence-corrected chi connectivity index (χ2v) is 5.30. The van der Waals surface area contributed by atoms with Crippen LogP contribution in [0.5, 0.6) is 0 Å². The number of benzene rings is 1. The molecule has 0 bridgehead atoms. The SMILES string of the molecule is CO[C@@H]1COC[C@@H](CNCc2c(F)cccc2Cl)[C@@H]1O. The van der Waals surface area contributed by atoms with Gasteiger partial charge in [0.2, 0.25) is 0 Å². The van der Waals surface area contributed by atoms with E-state index in [-0.39, 0.29) is 17.8 Å². The Hall–Kier alpha value is -0.720. The van der Waals surface area contributed by atoms with Crippen molar-refractivity contribution in [2.24, 2.45) is 5.92 Å². The lowest BCUT2D eigenvalue weighted by Gasteiger charge is -2.33. The van der Waals surface area contributed by atoms with Gasteiger partial charge in [0.05, 0.1) is 19.3 Å². The molecular weight excluding hydrogens is 285 g/mol. The number of rotatable bonds is 5. The minimum Gasteiger partial charge on any atom is -0.390 e. The number of nitrogens with one attached hydrogen (secondary N) is 1. The van der Waals surface area contributed by atoms with Gasteiger partial charge in [0.1, 0.15) is 11.9 Å². The van der Waals surface area contributed by atoms with Crippen molar-refractivity contribution in [2.45, 2.75) is 18.8 Å². The Balaban J connectivity index is 1.86. The second-order valence-electron chi connectivity index (χ2n) is 4.89. The van der Waals surface area contributed by atoms with Gasteiger partial charge in [-0.2, -0.15) is 0 Å². The third kappa shape index (κ3) is 3.68. The first-order chi connectivity index (χ1) is 9.63. The average molecular weight is 304 g/mol. The summed E-state index contributed by atoms with van der Waals surface area (Å²) in [6, 6.07) is 4.60. The van der Waals surface area contributed by atoms with Crippen molar-refractivity contribution in [1.82, 2.24) is 5.32 Å². The van der Waals surface area contributed by atoms with E-state index in [9.17, 15) is 9.50 Å². The molecule has 1 heterocycles. The standard InChI is InChI=1S/C14H19ClFNO3/c1-19-13-8-20-7-9(14(13)18)5-17-6-10-11(15)3-2-4-12(10)16/h2-4,9,13-14,17-18H,5-8H2,1H3/t9-,13-,14+/m1/s1. The summed E-state index contributed by atoms with van der Waals surface area (Å²) in [4.78, 5) is 0. The Morgan fingerprint density at radius 3 is 3.00 bits per heavy atom. The van der Waals surface area contributed by atoms with Gasteiger partial charge in [0.15, 0.2) is 0 Å². The van der Waals surface area contributed by atoms with E-state index in [2.05, 4.69) is 5.32 Å². The molecule has 6 heteroatoms. The van der Waals surface area contributed by atoms with Crippen LogP contribution in [-0.4, -0.2) is 44.2 Å². The monoisotopic (exact) mass is 303 g/mol. The topological polar surface area (TPSA) is 50.7 Å². The minimum absolute atomic E-state index is 0.0840. The molecule has 2 N–H and O–H groups in total. The van der Waals surface area contributed by atoms with Gasteiger partial charge >= 0.3 is 0 Å². The molecule has 1 saturated heterocycles. The lowest BCUT2D eigenvalue weighted by atomic mass is 9.96. The van der Waals surface area contributed by atoms with E-state index in [0.717, 1.165) is 0 Å². The third-order valence-corrected chi connectivity index (χ3v) is 3.90.